The molecule has 1 heteroatoms. The van der Waals surface area contributed by atoms with Crippen molar-refractivity contribution in [3.05, 3.63) is 0 Å². The van der Waals surface area contributed by atoms with E-state index >= 15 is 0 Å². The quantitative estimate of drug-likeness (QED) is 0.589. The van der Waals surface area contributed by atoms with E-state index < -0.39 is 0 Å². The van der Waals surface area contributed by atoms with Crippen LogP contribution in [0, 0.1) is 11.3 Å². The summed E-state index contributed by atoms with van der Waals surface area (Å²) in [7, 11) is 0. The molecule has 1 N–H and O–H groups in total. The molecule has 2 aliphatic carbocycles. The summed E-state index contributed by atoms with van der Waals surface area (Å²) in [6.45, 7) is 2.31. The van der Waals surface area contributed by atoms with E-state index in [4.69, 9.17) is 0 Å². The molecule has 0 spiro atoms. The van der Waals surface area contributed by atoms with E-state index in [1.807, 2.05) is 0 Å². The Balaban J connectivity index is 2.14. The fraction of sp³-hybridized carbons (Fsp3) is 1.00. The summed E-state index contributed by atoms with van der Waals surface area (Å²) in [5.41, 5.74) is 0.288. The molecule has 2 rings (SSSR count). The van der Waals surface area contributed by atoms with Gasteiger partial charge >= 0.3 is 0 Å². The van der Waals surface area contributed by atoms with Gasteiger partial charge in [-0.2, -0.15) is 0 Å². The van der Waals surface area contributed by atoms with Gasteiger partial charge in [0.25, 0.3) is 0 Å². The largest absolute Gasteiger partial charge is 0.393 e. The number of rotatable bonds is 0. The minimum Gasteiger partial charge on any atom is -0.393 e. The Hall–Kier alpha value is -0.0400. The van der Waals surface area contributed by atoms with Gasteiger partial charge in [0.05, 0.1) is 6.10 Å². The number of fused-ring (bicyclic) bond motifs is 1. The molecule has 0 heterocycles. The fourth-order valence-electron chi connectivity index (χ4n) is 3.23. The van der Waals surface area contributed by atoms with Crippen molar-refractivity contribution in [2.45, 2.75) is 58.0 Å². The average molecular weight is 168 g/mol. The summed E-state index contributed by atoms with van der Waals surface area (Å²) in [5.74, 6) is 0.829. The molecule has 3 atom stereocenters. The molecule has 2 fully saturated rings. The highest BCUT2D eigenvalue weighted by atomic mass is 16.3. The first-order chi connectivity index (χ1) is 5.73. The van der Waals surface area contributed by atoms with Gasteiger partial charge in [-0.1, -0.05) is 26.2 Å². The van der Waals surface area contributed by atoms with Gasteiger partial charge in [0, 0.05) is 0 Å². The Bertz CT molecular complexity index is 164. The smallest absolute Gasteiger partial charge is 0.0596 e. The van der Waals surface area contributed by atoms with Crippen LogP contribution in [-0.4, -0.2) is 11.2 Å². The van der Waals surface area contributed by atoms with Crippen LogP contribution in [0.3, 0.4) is 0 Å². The summed E-state index contributed by atoms with van der Waals surface area (Å²) in [5, 5.41) is 9.96. The summed E-state index contributed by atoms with van der Waals surface area (Å²) < 4.78 is 0. The van der Waals surface area contributed by atoms with E-state index in [-0.39, 0.29) is 11.5 Å². The van der Waals surface area contributed by atoms with Crippen LogP contribution in [0.15, 0.2) is 0 Å². The highest BCUT2D eigenvalue weighted by Gasteiger charge is 2.43. The molecule has 0 radical (unpaired) electrons. The van der Waals surface area contributed by atoms with Gasteiger partial charge in [0.15, 0.2) is 0 Å². The van der Waals surface area contributed by atoms with E-state index in [0.717, 1.165) is 12.3 Å². The highest BCUT2D eigenvalue weighted by Crippen LogP contribution is 2.49. The Morgan fingerprint density at radius 2 is 1.83 bits per heavy atom. The van der Waals surface area contributed by atoms with Gasteiger partial charge < -0.3 is 5.11 Å². The van der Waals surface area contributed by atoms with Gasteiger partial charge in [0.2, 0.25) is 0 Å². The third-order valence-corrected chi connectivity index (χ3v) is 4.24. The van der Waals surface area contributed by atoms with Crippen LogP contribution in [0.25, 0.3) is 0 Å². The second-order valence-electron chi connectivity index (χ2n) is 4.90. The summed E-state index contributed by atoms with van der Waals surface area (Å²) in [4.78, 5) is 0. The van der Waals surface area contributed by atoms with Crippen LogP contribution in [0.1, 0.15) is 51.9 Å². The number of hydrogen-bond donors (Lipinski definition) is 1. The lowest BCUT2D eigenvalue weighted by molar-refractivity contribution is -0.0651. The molecule has 70 valence electrons. The third-order valence-electron chi connectivity index (χ3n) is 4.24. The minimum absolute atomic E-state index is 0.00319. The topological polar surface area (TPSA) is 20.2 Å². The first kappa shape index (κ1) is 8.55. The second kappa shape index (κ2) is 3.02. The summed E-state index contributed by atoms with van der Waals surface area (Å²) >= 11 is 0. The molecule has 0 bridgehead atoms. The zero-order valence-corrected chi connectivity index (χ0v) is 8.05. The van der Waals surface area contributed by atoms with Gasteiger partial charge in [-0.05, 0) is 37.0 Å². The summed E-state index contributed by atoms with van der Waals surface area (Å²) in [6, 6.07) is 0. The van der Waals surface area contributed by atoms with Crippen LogP contribution in [0.4, 0.5) is 0 Å². The maximum Gasteiger partial charge on any atom is 0.0596 e. The number of aliphatic hydroxyl groups excluding tert-OH is 1. The molecular formula is C11H20O. The molecule has 0 aromatic heterocycles. The molecule has 12 heavy (non-hydrogen) atoms. The van der Waals surface area contributed by atoms with Gasteiger partial charge in [-0.3, -0.25) is 0 Å². The predicted octanol–water partition coefficient (Wildman–Crippen LogP) is 2.73. The molecule has 1 nitrogen and oxygen atoms in total. The Morgan fingerprint density at radius 3 is 2.58 bits per heavy atom. The Labute approximate surface area is 75.2 Å². The van der Waals surface area contributed by atoms with Crippen LogP contribution in [-0.2, 0) is 0 Å². The highest BCUT2D eigenvalue weighted by molar-refractivity contribution is 4.94. The average Bonchev–Trinajstić information content (AvgIpc) is 2.07. The predicted molar refractivity (Wildman–Crippen MR) is 49.9 cm³/mol. The van der Waals surface area contributed by atoms with E-state index in [2.05, 4.69) is 6.92 Å². The second-order valence-corrected chi connectivity index (χ2v) is 4.90. The molecule has 0 aromatic rings. The molecule has 3 unspecified atom stereocenters. The van der Waals surface area contributed by atoms with E-state index in [1.165, 1.54) is 38.5 Å². The molecule has 0 aromatic carbocycles. The van der Waals surface area contributed by atoms with Crippen molar-refractivity contribution < 1.29 is 5.11 Å². The van der Waals surface area contributed by atoms with Crippen molar-refractivity contribution in [2.75, 3.05) is 0 Å². The summed E-state index contributed by atoms with van der Waals surface area (Å²) in [6.07, 6.45) is 9.03. The number of aliphatic hydroxyl groups is 1. The molecule has 0 saturated heterocycles. The maximum absolute atomic E-state index is 9.96. The van der Waals surface area contributed by atoms with Gasteiger partial charge in [-0.15, -0.1) is 0 Å². The lowest BCUT2D eigenvalue weighted by atomic mass is 9.59. The SMILES string of the molecule is CC12CCCCC1CCCC2O. The first-order valence-corrected chi connectivity index (χ1v) is 5.41. The van der Waals surface area contributed by atoms with Crippen LogP contribution >= 0.6 is 0 Å². The van der Waals surface area contributed by atoms with Gasteiger partial charge in [-0.25, -0.2) is 0 Å². The van der Waals surface area contributed by atoms with Crippen molar-refractivity contribution in [3.8, 4) is 0 Å². The number of hydrogen-bond acceptors (Lipinski definition) is 1. The molecule has 0 aliphatic heterocycles. The van der Waals surface area contributed by atoms with E-state index in [9.17, 15) is 5.11 Å². The normalized spacial score (nSPS) is 48.5. The first-order valence-electron chi connectivity index (χ1n) is 5.41. The van der Waals surface area contributed by atoms with Crippen molar-refractivity contribution in [1.82, 2.24) is 0 Å². The van der Waals surface area contributed by atoms with Gasteiger partial charge in [0.1, 0.15) is 0 Å². The standard InChI is InChI=1S/C11H20O/c1-11-8-3-2-5-9(11)6-4-7-10(11)12/h9-10,12H,2-8H2,1H3. The van der Waals surface area contributed by atoms with Crippen molar-refractivity contribution >= 4 is 0 Å². The van der Waals surface area contributed by atoms with Crippen molar-refractivity contribution in [3.63, 3.8) is 0 Å². The van der Waals surface area contributed by atoms with E-state index in [0.29, 0.717) is 0 Å². The van der Waals surface area contributed by atoms with Crippen LogP contribution in [0.2, 0.25) is 0 Å². The lowest BCUT2D eigenvalue weighted by Gasteiger charge is -2.48. The zero-order chi connectivity index (χ0) is 8.60. The zero-order valence-electron chi connectivity index (χ0n) is 8.05. The van der Waals surface area contributed by atoms with Crippen LogP contribution < -0.4 is 0 Å². The fourth-order valence-corrected chi connectivity index (χ4v) is 3.23. The molecule has 2 saturated carbocycles. The van der Waals surface area contributed by atoms with Crippen molar-refractivity contribution in [2.24, 2.45) is 11.3 Å². The van der Waals surface area contributed by atoms with Crippen molar-refractivity contribution in [1.29, 1.82) is 0 Å². The molecular weight excluding hydrogens is 148 g/mol. The molecule has 0 amide bonds. The monoisotopic (exact) mass is 168 g/mol. The third kappa shape index (κ3) is 1.19. The van der Waals surface area contributed by atoms with E-state index in [1.54, 1.807) is 0 Å². The minimum atomic E-state index is -0.00319. The Morgan fingerprint density at radius 1 is 1.08 bits per heavy atom. The van der Waals surface area contributed by atoms with Crippen LogP contribution in [0.5, 0.6) is 0 Å². The maximum atomic E-state index is 9.96. The molecule has 2 aliphatic rings. The Kier molecular flexibility index (Phi) is 2.16. The lowest BCUT2D eigenvalue weighted by Crippen LogP contribution is -2.44.